The monoisotopic (exact) mass is 301 g/mol. The van der Waals surface area contributed by atoms with Gasteiger partial charge in [-0.25, -0.2) is 0 Å². The van der Waals surface area contributed by atoms with Gasteiger partial charge >= 0.3 is 0 Å². The number of anilines is 1. The topological polar surface area (TPSA) is 27.6 Å². The van der Waals surface area contributed by atoms with E-state index >= 15 is 0 Å². The van der Waals surface area contributed by atoms with Gasteiger partial charge in [-0.3, -0.25) is 4.99 Å². The highest BCUT2D eigenvalue weighted by atomic mass is 15.1. The Morgan fingerprint density at radius 1 is 1.18 bits per heavy atom. The molecule has 1 fully saturated rings. The molecule has 1 aromatic rings. The van der Waals surface area contributed by atoms with Crippen molar-refractivity contribution >= 4 is 11.9 Å². The molecule has 122 valence electrons. The standard InChI is InChI=1S/C19H31N3/c1-15(2)20-14-17-7-5-6-8-19(17)21-13-16-9-11-18(12-10-16)22(3)4/h9-13,15,17,19-20H,5-8,14H2,1-4H3/t17-,19+/m0/s1. The summed E-state index contributed by atoms with van der Waals surface area (Å²) >= 11 is 0. The van der Waals surface area contributed by atoms with Crippen molar-refractivity contribution in [3.8, 4) is 0 Å². The number of benzene rings is 1. The molecule has 2 rings (SSSR count). The molecule has 3 nitrogen and oxygen atoms in total. The van der Waals surface area contributed by atoms with Gasteiger partial charge < -0.3 is 10.2 Å². The second kappa shape index (κ2) is 8.33. The molecule has 0 heterocycles. The first kappa shape index (κ1) is 17.0. The fourth-order valence-corrected chi connectivity index (χ4v) is 3.05. The summed E-state index contributed by atoms with van der Waals surface area (Å²) in [5.74, 6) is 0.688. The van der Waals surface area contributed by atoms with E-state index in [1.807, 2.05) is 0 Å². The minimum atomic E-state index is 0.480. The molecule has 1 saturated carbocycles. The van der Waals surface area contributed by atoms with E-state index in [2.05, 4.69) is 68.6 Å². The lowest BCUT2D eigenvalue weighted by atomic mass is 9.84. The minimum absolute atomic E-state index is 0.480. The van der Waals surface area contributed by atoms with Crippen LogP contribution in [0.1, 0.15) is 45.1 Å². The van der Waals surface area contributed by atoms with Crippen LogP contribution in [-0.2, 0) is 0 Å². The van der Waals surface area contributed by atoms with Crippen LogP contribution in [0.3, 0.4) is 0 Å². The molecule has 0 spiro atoms. The Morgan fingerprint density at radius 3 is 2.50 bits per heavy atom. The molecule has 0 aromatic heterocycles. The van der Waals surface area contributed by atoms with Crippen LogP contribution < -0.4 is 10.2 Å². The van der Waals surface area contributed by atoms with Crippen molar-refractivity contribution in [1.29, 1.82) is 0 Å². The fraction of sp³-hybridized carbons (Fsp3) is 0.632. The van der Waals surface area contributed by atoms with Gasteiger partial charge in [0.25, 0.3) is 0 Å². The second-order valence-electron chi connectivity index (χ2n) is 6.94. The predicted octanol–water partition coefficient (Wildman–Crippen LogP) is 3.73. The van der Waals surface area contributed by atoms with Gasteiger partial charge in [-0.2, -0.15) is 0 Å². The third kappa shape index (κ3) is 5.13. The van der Waals surface area contributed by atoms with Crippen LogP contribution >= 0.6 is 0 Å². The average Bonchev–Trinajstić information content (AvgIpc) is 2.52. The molecule has 0 aliphatic heterocycles. The number of aliphatic imine (C=N–C) groups is 1. The van der Waals surface area contributed by atoms with E-state index in [9.17, 15) is 0 Å². The molecule has 3 heteroatoms. The first-order valence-electron chi connectivity index (χ1n) is 8.60. The number of hydrogen-bond acceptors (Lipinski definition) is 3. The van der Waals surface area contributed by atoms with Crippen LogP contribution in [0.25, 0.3) is 0 Å². The maximum absolute atomic E-state index is 4.91. The normalized spacial score (nSPS) is 22.4. The third-order valence-corrected chi connectivity index (χ3v) is 4.48. The first-order chi connectivity index (χ1) is 10.6. The quantitative estimate of drug-likeness (QED) is 0.811. The number of nitrogens with one attached hydrogen (secondary N) is 1. The Bertz CT molecular complexity index is 462. The number of rotatable bonds is 6. The van der Waals surface area contributed by atoms with E-state index in [1.165, 1.54) is 36.9 Å². The highest BCUT2D eigenvalue weighted by Gasteiger charge is 2.23. The molecule has 1 aliphatic rings. The van der Waals surface area contributed by atoms with Gasteiger partial charge in [0.1, 0.15) is 0 Å². The van der Waals surface area contributed by atoms with E-state index in [0.717, 1.165) is 6.54 Å². The number of hydrogen-bond donors (Lipinski definition) is 1. The lowest BCUT2D eigenvalue weighted by molar-refractivity contribution is 0.293. The summed E-state index contributed by atoms with van der Waals surface area (Å²) in [6.45, 7) is 5.53. The van der Waals surface area contributed by atoms with Crippen molar-refractivity contribution in [2.75, 3.05) is 25.5 Å². The van der Waals surface area contributed by atoms with Gasteiger partial charge in [0, 0.05) is 38.6 Å². The van der Waals surface area contributed by atoms with Crippen molar-refractivity contribution in [3.05, 3.63) is 29.8 Å². The molecule has 22 heavy (non-hydrogen) atoms. The van der Waals surface area contributed by atoms with Crippen LogP contribution in [0, 0.1) is 5.92 Å². The largest absolute Gasteiger partial charge is 0.378 e. The predicted molar refractivity (Wildman–Crippen MR) is 97.2 cm³/mol. The molecule has 2 atom stereocenters. The van der Waals surface area contributed by atoms with Gasteiger partial charge in [0.05, 0.1) is 6.04 Å². The second-order valence-corrected chi connectivity index (χ2v) is 6.94. The van der Waals surface area contributed by atoms with Crippen molar-refractivity contribution in [3.63, 3.8) is 0 Å². The minimum Gasteiger partial charge on any atom is -0.378 e. The van der Waals surface area contributed by atoms with Crippen molar-refractivity contribution < 1.29 is 0 Å². The Hall–Kier alpha value is -1.35. The zero-order valence-corrected chi connectivity index (χ0v) is 14.5. The molecule has 0 amide bonds. The highest BCUT2D eigenvalue weighted by molar-refractivity contribution is 5.80. The zero-order chi connectivity index (χ0) is 15.9. The van der Waals surface area contributed by atoms with E-state index in [-0.39, 0.29) is 0 Å². The van der Waals surface area contributed by atoms with E-state index in [0.29, 0.717) is 18.0 Å². The van der Waals surface area contributed by atoms with Gasteiger partial charge in [0.15, 0.2) is 0 Å². The maximum Gasteiger partial charge on any atom is 0.0540 e. The lowest BCUT2D eigenvalue weighted by Crippen LogP contribution is -2.36. The summed E-state index contributed by atoms with van der Waals surface area (Å²) < 4.78 is 0. The summed E-state index contributed by atoms with van der Waals surface area (Å²) in [7, 11) is 4.13. The number of nitrogens with zero attached hydrogens (tertiary/aromatic N) is 2. The fourth-order valence-electron chi connectivity index (χ4n) is 3.05. The van der Waals surface area contributed by atoms with Crippen LogP contribution in [0.4, 0.5) is 5.69 Å². The Balaban J connectivity index is 1.96. The van der Waals surface area contributed by atoms with Crippen molar-refractivity contribution in [2.24, 2.45) is 10.9 Å². The van der Waals surface area contributed by atoms with E-state index in [4.69, 9.17) is 4.99 Å². The van der Waals surface area contributed by atoms with Crippen LogP contribution in [-0.4, -0.2) is 38.9 Å². The Labute approximate surface area is 135 Å². The Morgan fingerprint density at radius 2 is 1.86 bits per heavy atom. The van der Waals surface area contributed by atoms with Gasteiger partial charge in [-0.1, -0.05) is 38.8 Å². The van der Waals surface area contributed by atoms with Crippen LogP contribution in [0.15, 0.2) is 29.3 Å². The summed E-state index contributed by atoms with van der Waals surface area (Å²) in [5.41, 5.74) is 2.43. The van der Waals surface area contributed by atoms with Gasteiger partial charge in [0.2, 0.25) is 0 Å². The van der Waals surface area contributed by atoms with E-state index in [1.54, 1.807) is 0 Å². The molecule has 1 N–H and O–H groups in total. The van der Waals surface area contributed by atoms with Gasteiger partial charge in [-0.05, 0) is 36.5 Å². The molecule has 1 aliphatic carbocycles. The molecular formula is C19H31N3. The third-order valence-electron chi connectivity index (χ3n) is 4.48. The summed E-state index contributed by atoms with van der Waals surface area (Å²) in [5, 5.41) is 3.58. The van der Waals surface area contributed by atoms with Crippen LogP contribution in [0.2, 0.25) is 0 Å². The molecule has 0 saturated heterocycles. The van der Waals surface area contributed by atoms with E-state index < -0.39 is 0 Å². The maximum atomic E-state index is 4.91. The highest BCUT2D eigenvalue weighted by Crippen LogP contribution is 2.26. The van der Waals surface area contributed by atoms with Crippen LogP contribution in [0.5, 0.6) is 0 Å². The first-order valence-corrected chi connectivity index (χ1v) is 8.60. The molecule has 0 unspecified atom stereocenters. The van der Waals surface area contributed by atoms with Crippen molar-refractivity contribution in [2.45, 2.75) is 51.6 Å². The summed E-state index contributed by atoms with van der Waals surface area (Å²) in [6, 6.07) is 9.66. The Kier molecular flexibility index (Phi) is 6.44. The molecule has 0 bridgehead atoms. The SMILES string of the molecule is CC(C)NC[C@@H]1CCCC[C@H]1N=Cc1ccc(N(C)C)cc1. The molecule has 1 aromatic carbocycles. The average molecular weight is 301 g/mol. The van der Waals surface area contributed by atoms with Gasteiger partial charge in [-0.15, -0.1) is 0 Å². The molecular weight excluding hydrogens is 270 g/mol. The lowest BCUT2D eigenvalue weighted by Gasteiger charge is -2.29. The summed E-state index contributed by atoms with van der Waals surface area (Å²) in [6.07, 6.45) is 7.28. The summed E-state index contributed by atoms with van der Waals surface area (Å²) in [4.78, 5) is 7.03. The zero-order valence-electron chi connectivity index (χ0n) is 14.5. The smallest absolute Gasteiger partial charge is 0.0540 e. The molecule has 0 radical (unpaired) electrons. The van der Waals surface area contributed by atoms with Crippen molar-refractivity contribution in [1.82, 2.24) is 5.32 Å².